The number of halogens is 1. The van der Waals surface area contributed by atoms with E-state index in [1.807, 2.05) is 0 Å². The minimum Gasteiger partial charge on any atom is -0.480 e. The lowest BCUT2D eigenvalue weighted by Crippen LogP contribution is -2.56. The zero-order valence-electron chi connectivity index (χ0n) is 17.7. The van der Waals surface area contributed by atoms with Gasteiger partial charge in [-0.1, -0.05) is 19.9 Å². The molecule has 1 fully saturated rings. The smallest absolute Gasteiger partial charge is 0.326 e. The van der Waals surface area contributed by atoms with Gasteiger partial charge in [0.25, 0.3) is 0 Å². The second-order valence-corrected chi connectivity index (χ2v) is 8.44. The number of fused-ring (bicyclic) bond motifs is 1. The van der Waals surface area contributed by atoms with Crippen LogP contribution in [0, 0.1) is 11.7 Å². The van der Waals surface area contributed by atoms with E-state index in [-0.39, 0.29) is 5.92 Å². The standard InChI is InChI=1S/C22H28FN3O4/c1-13(2)19(20(27)28)25(4)21(29)26-10-6-8-18(26)22(3,30)16-11-14(23)12-17-15(16)7-5-9-24-17/h5,7,9,11-13,18-19,30H,6,8,10H2,1-4H3,(H,27,28)/t18-,19+,22?/m1/s1. The van der Waals surface area contributed by atoms with Crippen LogP contribution in [-0.4, -0.2) is 62.7 Å². The summed E-state index contributed by atoms with van der Waals surface area (Å²) in [6.07, 6.45) is 2.73. The molecule has 2 N–H and O–H groups in total. The Morgan fingerprint density at radius 1 is 1.37 bits per heavy atom. The zero-order chi connectivity index (χ0) is 22.2. The summed E-state index contributed by atoms with van der Waals surface area (Å²) in [5, 5.41) is 21.7. The van der Waals surface area contributed by atoms with E-state index in [9.17, 15) is 24.2 Å². The van der Waals surface area contributed by atoms with Crippen molar-refractivity contribution < 1.29 is 24.2 Å². The number of urea groups is 1. The average Bonchev–Trinajstić information content (AvgIpc) is 3.16. The van der Waals surface area contributed by atoms with Crippen LogP contribution in [-0.2, 0) is 10.4 Å². The van der Waals surface area contributed by atoms with Crippen LogP contribution in [0.3, 0.4) is 0 Å². The molecule has 1 saturated heterocycles. The molecular weight excluding hydrogens is 389 g/mol. The fraction of sp³-hybridized carbons (Fsp3) is 0.500. The SMILES string of the molecule is CC(C)[C@@H](C(=O)O)N(C)C(=O)N1CCC[C@@H]1C(C)(O)c1cc(F)cc2ncccc12. The van der Waals surface area contributed by atoms with E-state index in [0.717, 1.165) is 0 Å². The first-order chi connectivity index (χ1) is 14.1. The number of aliphatic hydroxyl groups is 1. The number of amides is 2. The van der Waals surface area contributed by atoms with E-state index in [1.54, 1.807) is 39.1 Å². The third kappa shape index (κ3) is 3.84. The fourth-order valence-electron chi connectivity index (χ4n) is 4.55. The molecule has 2 aromatic rings. The molecule has 3 atom stereocenters. The molecule has 0 saturated carbocycles. The van der Waals surface area contributed by atoms with E-state index >= 15 is 0 Å². The number of carboxylic acids is 1. The van der Waals surface area contributed by atoms with Crippen molar-refractivity contribution in [3.8, 4) is 0 Å². The molecule has 3 rings (SSSR count). The lowest BCUT2D eigenvalue weighted by atomic mass is 9.84. The normalized spacial score (nSPS) is 19.7. The van der Waals surface area contributed by atoms with Gasteiger partial charge in [0.1, 0.15) is 17.5 Å². The van der Waals surface area contributed by atoms with Crippen molar-refractivity contribution in [3.05, 3.63) is 41.8 Å². The maximum Gasteiger partial charge on any atom is 0.326 e. The van der Waals surface area contributed by atoms with Crippen molar-refractivity contribution in [2.24, 2.45) is 5.92 Å². The van der Waals surface area contributed by atoms with Crippen LogP contribution in [0.25, 0.3) is 10.9 Å². The maximum absolute atomic E-state index is 14.3. The number of aliphatic carboxylic acids is 1. The Kier molecular flexibility index (Phi) is 5.99. The van der Waals surface area contributed by atoms with Crippen LogP contribution < -0.4 is 0 Å². The van der Waals surface area contributed by atoms with Crippen molar-refractivity contribution in [2.45, 2.75) is 51.3 Å². The van der Waals surface area contributed by atoms with Gasteiger partial charge in [0, 0.05) is 31.2 Å². The molecule has 1 unspecified atom stereocenters. The second kappa shape index (κ2) is 8.18. The van der Waals surface area contributed by atoms with Gasteiger partial charge in [0.05, 0.1) is 11.6 Å². The fourth-order valence-corrected chi connectivity index (χ4v) is 4.55. The molecule has 0 bridgehead atoms. The van der Waals surface area contributed by atoms with Gasteiger partial charge in [0.2, 0.25) is 0 Å². The summed E-state index contributed by atoms with van der Waals surface area (Å²) in [6.45, 7) is 5.44. The molecule has 2 amide bonds. The van der Waals surface area contributed by atoms with Crippen LogP contribution in [0.2, 0.25) is 0 Å². The number of likely N-dealkylation sites (N-methyl/N-ethyl adjacent to an activating group) is 1. The van der Waals surface area contributed by atoms with Crippen LogP contribution in [0.5, 0.6) is 0 Å². The molecule has 30 heavy (non-hydrogen) atoms. The van der Waals surface area contributed by atoms with Gasteiger partial charge < -0.3 is 20.0 Å². The van der Waals surface area contributed by atoms with E-state index < -0.39 is 35.5 Å². The van der Waals surface area contributed by atoms with Crippen LogP contribution in [0.1, 0.15) is 39.2 Å². The van der Waals surface area contributed by atoms with Gasteiger partial charge in [-0.3, -0.25) is 4.98 Å². The Bertz CT molecular complexity index is 963. The summed E-state index contributed by atoms with van der Waals surface area (Å²) in [6, 6.07) is 3.99. The molecule has 162 valence electrons. The number of hydrogen-bond acceptors (Lipinski definition) is 4. The molecule has 1 aromatic heterocycles. The first-order valence-electron chi connectivity index (χ1n) is 10.1. The number of carboxylic acid groups (broad SMARTS) is 1. The Morgan fingerprint density at radius 2 is 2.07 bits per heavy atom. The number of hydrogen-bond donors (Lipinski definition) is 2. The van der Waals surface area contributed by atoms with Crippen molar-refractivity contribution in [3.63, 3.8) is 0 Å². The van der Waals surface area contributed by atoms with E-state index in [4.69, 9.17) is 0 Å². The third-order valence-corrected chi connectivity index (χ3v) is 5.98. The highest BCUT2D eigenvalue weighted by Gasteiger charge is 2.45. The number of carbonyl (C=O) groups excluding carboxylic acids is 1. The van der Waals surface area contributed by atoms with Gasteiger partial charge in [-0.25, -0.2) is 14.0 Å². The van der Waals surface area contributed by atoms with Crippen molar-refractivity contribution in [1.29, 1.82) is 0 Å². The predicted molar refractivity (Wildman–Crippen MR) is 110 cm³/mol. The number of benzene rings is 1. The first kappa shape index (κ1) is 22.0. The molecule has 0 radical (unpaired) electrons. The summed E-state index contributed by atoms with van der Waals surface area (Å²) < 4.78 is 14.3. The number of carbonyl (C=O) groups is 2. The highest BCUT2D eigenvalue weighted by atomic mass is 19.1. The van der Waals surface area contributed by atoms with Crippen molar-refractivity contribution in [1.82, 2.24) is 14.8 Å². The summed E-state index contributed by atoms with van der Waals surface area (Å²) in [5.41, 5.74) is -0.768. The molecule has 8 heteroatoms. The van der Waals surface area contributed by atoms with Crippen molar-refractivity contribution >= 4 is 22.9 Å². The van der Waals surface area contributed by atoms with Gasteiger partial charge in [-0.2, -0.15) is 0 Å². The van der Waals surface area contributed by atoms with Gasteiger partial charge in [0.15, 0.2) is 0 Å². The van der Waals surface area contributed by atoms with Gasteiger partial charge >= 0.3 is 12.0 Å². The number of pyridine rings is 1. The molecule has 0 aliphatic carbocycles. The van der Waals surface area contributed by atoms with E-state index in [1.165, 1.54) is 29.0 Å². The Morgan fingerprint density at radius 3 is 2.70 bits per heavy atom. The monoisotopic (exact) mass is 417 g/mol. The molecule has 1 aliphatic heterocycles. The van der Waals surface area contributed by atoms with Gasteiger partial charge in [-0.15, -0.1) is 0 Å². The highest BCUT2D eigenvalue weighted by Crippen LogP contribution is 2.38. The number of aromatic nitrogens is 1. The molecule has 0 spiro atoms. The summed E-state index contributed by atoms with van der Waals surface area (Å²) >= 11 is 0. The zero-order valence-corrected chi connectivity index (χ0v) is 17.7. The van der Waals surface area contributed by atoms with Crippen LogP contribution in [0.4, 0.5) is 9.18 Å². The topological polar surface area (TPSA) is 94.0 Å². The third-order valence-electron chi connectivity index (χ3n) is 5.98. The predicted octanol–water partition coefficient (Wildman–Crippen LogP) is 3.21. The van der Waals surface area contributed by atoms with E-state index in [0.29, 0.717) is 35.9 Å². The molecule has 1 aliphatic rings. The van der Waals surface area contributed by atoms with Crippen LogP contribution >= 0.6 is 0 Å². The Hall–Kier alpha value is -2.74. The molecule has 2 heterocycles. The van der Waals surface area contributed by atoms with E-state index in [2.05, 4.69) is 4.98 Å². The summed E-state index contributed by atoms with van der Waals surface area (Å²) in [4.78, 5) is 31.8. The molecule has 7 nitrogen and oxygen atoms in total. The number of nitrogens with zero attached hydrogens (tertiary/aromatic N) is 3. The number of rotatable bonds is 5. The largest absolute Gasteiger partial charge is 0.480 e. The Labute approximate surface area is 175 Å². The quantitative estimate of drug-likeness (QED) is 0.779. The number of likely N-dealkylation sites (tertiary alicyclic amines) is 1. The maximum atomic E-state index is 14.3. The van der Waals surface area contributed by atoms with Gasteiger partial charge in [-0.05, 0) is 43.4 Å². The summed E-state index contributed by atoms with van der Waals surface area (Å²) in [7, 11) is 1.46. The lowest BCUT2D eigenvalue weighted by molar-refractivity contribution is -0.143. The lowest BCUT2D eigenvalue weighted by Gasteiger charge is -2.40. The first-order valence-corrected chi connectivity index (χ1v) is 10.1. The molecule has 1 aromatic carbocycles. The highest BCUT2D eigenvalue weighted by molar-refractivity contribution is 5.85. The van der Waals surface area contributed by atoms with Crippen molar-refractivity contribution in [2.75, 3.05) is 13.6 Å². The summed E-state index contributed by atoms with van der Waals surface area (Å²) in [5.74, 6) is -1.88. The van der Waals surface area contributed by atoms with Crippen LogP contribution in [0.15, 0.2) is 30.5 Å². The Balaban J connectivity index is 1.99. The average molecular weight is 417 g/mol. The minimum atomic E-state index is -1.55. The second-order valence-electron chi connectivity index (χ2n) is 8.44. The molecular formula is C22H28FN3O4. The minimum absolute atomic E-state index is 0.281.